The molecule has 4 rings (SSSR count). The summed E-state index contributed by atoms with van der Waals surface area (Å²) in [6.07, 6.45) is 3.84. The Bertz CT molecular complexity index is 1150. The molecule has 0 spiro atoms. The molecule has 1 saturated heterocycles. The maximum Gasteiger partial charge on any atom is 0.271 e. The summed E-state index contributed by atoms with van der Waals surface area (Å²) in [6, 6.07) is 23.9. The van der Waals surface area contributed by atoms with Gasteiger partial charge in [0.05, 0.1) is 23.4 Å². The monoisotopic (exact) mass is 442 g/mol. The summed E-state index contributed by atoms with van der Waals surface area (Å²) in [5.74, 6) is 0.715. The highest BCUT2D eigenvalue weighted by Gasteiger charge is 2.34. The van der Waals surface area contributed by atoms with Gasteiger partial charge in [0.25, 0.3) is 5.91 Å². The highest BCUT2D eigenvalue weighted by molar-refractivity contribution is 8.19. The number of hydrogen-bond donors (Lipinski definition) is 0. The van der Waals surface area contributed by atoms with Crippen LogP contribution >= 0.6 is 11.8 Å². The van der Waals surface area contributed by atoms with Crippen LogP contribution < -0.4 is 9.64 Å². The Morgan fingerprint density at radius 3 is 2.03 bits per heavy atom. The van der Waals surface area contributed by atoms with Gasteiger partial charge in [0.15, 0.2) is 5.17 Å². The van der Waals surface area contributed by atoms with Gasteiger partial charge >= 0.3 is 0 Å². The predicted octanol–water partition coefficient (Wildman–Crippen LogP) is 6.63. The van der Waals surface area contributed by atoms with Gasteiger partial charge in [-0.25, -0.2) is 4.99 Å². The molecule has 0 atom stereocenters. The van der Waals surface area contributed by atoms with Gasteiger partial charge in [0.2, 0.25) is 0 Å². The molecule has 0 N–H and O–H groups in total. The molecule has 1 amide bonds. The molecule has 1 fully saturated rings. The van der Waals surface area contributed by atoms with Crippen molar-refractivity contribution in [2.45, 2.75) is 26.7 Å². The lowest BCUT2D eigenvalue weighted by Gasteiger charge is -2.16. The third kappa shape index (κ3) is 4.78. The first-order valence-electron chi connectivity index (χ1n) is 10.8. The first kappa shape index (κ1) is 21.9. The first-order valence-corrected chi connectivity index (χ1v) is 11.6. The van der Waals surface area contributed by atoms with Gasteiger partial charge in [-0.1, -0.05) is 50.2 Å². The van der Waals surface area contributed by atoms with E-state index in [1.54, 1.807) is 12.0 Å². The molecular weight excluding hydrogens is 416 g/mol. The van der Waals surface area contributed by atoms with E-state index in [0.717, 1.165) is 35.5 Å². The topological polar surface area (TPSA) is 41.9 Å². The molecule has 32 heavy (non-hydrogen) atoms. The minimum atomic E-state index is -0.0704. The lowest BCUT2D eigenvalue weighted by atomic mass is 10.1. The van der Waals surface area contributed by atoms with Crippen LogP contribution in [0.5, 0.6) is 5.75 Å². The van der Waals surface area contributed by atoms with Crippen molar-refractivity contribution in [3.63, 3.8) is 0 Å². The van der Waals surface area contributed by atoms with Gasteiger partial charge in [-0.15, -0.1) is 0 Å². The standard InChI is InChI=1S/C27H26N2O2S/c1-4-19-6-12-22(13-7-19)28-27-29(23-14-8-20(5-2)9-15-23)26(30)25(32-27)18-21-10-16-24(31-3)17-11-21/h6-18H,4-5H2,1-3H3. The van der Waals surface area contributed by atoms with Crippen LogP contribution in [0.3, 0.4) is 0 Å². The Morgan fingerprint density at radius 2 is 1.47 bits per heavy atom. The Kier molecular flexibility index (Phi) is 6.76. The fourth-order valence-electron chi connectivity index (χ4n) is 3.43. The molecule has 3 aromatic carbocycles. The molecule has 5 heteroatoms. The normalized spacial score (nSPS) is 16.2. The molecule has 3 aromatic rings. The third-order valence-corrected chi connectivity index (χ3v) is 6.36. The Hall–Kier alpha value is -3.31. The Balaban J connectivity index is 1.72. The summed E-state index contributed by atoms with van der Waals surface area (Å²) in [7, 11) is 1.64. The largest absolute Gasteiger partial charge is 0.497 e. The van der Waals surface area contributed by atoms with E-state index >= 15 is 0 Å². The van der Waals surface area contributed by atoms with E-state index in [1.165, 1.54) is 22.9 Å². The molecule has 0 saturated carbocycles. The third-order valence-electron chi connectivity index (χ3n) is 5.39. The zero-order valence-corrected chi connectivity index (χ0v) is 19.4. The van der Waals surface area contributed by atoms with Gasteiger partial charge in [0, 0.05) is 0 Å². The van der Waals surface area contributed by atoms with E-state index in [0.29, 0.717) is 10.1 Å². The van der Waals surface area contributed by atoms with Crippen LogP contribution in [-0.2, 0) is 17.6 Å². The number of rotatable bonds is 6. The first-order chi connectivity index (χ1) is 15.6. The van der Waals surface area contributed by atoms with Crippen molar-refractivity contribution in [3.8, 4) is 5.75 Å². The Morgan fingerprint density at radius 1 is 0.875 bits per heavy atom. The number of thioether (sulfide) groups is 1. The second-order valence-electron chi connectivity index (χ2n) is 7.46. The number of amidine groups is 1. The number of benzene rings is 3. The number of aryl methyl sites for hydroxylation is 2. The van der Waals surface area contributed by atoms with Crippen molar-refractivity contribution in [2.75, 3.05) is 12.0 Å². The van der Waals surface area contributed by atoms with Crippen LogP contribution in [0.2, 0.25) is 0 Å². The fourth-order valence-corrected chi connectivity index (χ4v) is 4.43. The number of amides is 1. The molecule has 162 valence electrons. The summed E-state index contributed by atoms with van der Waals surface area (Å²) in [6.45, 7) is 4.25. The molecule has 0 aromatic heterocycles. The molecule has 0 radical (unpaired) electrons. The fraction of sp³-hybridized carbons (Fsp3) is 0.185. The number of anilines is 1. The second kappa shape index (κ2) is 9.88. The van der Waals surface area contributed by atoms with Crippen molar-refractivity contribution in [2.24, 2.45) is 4.99 Å². The van der Waals surface area contributed by atoms with Crippen molar-refractivity contribution in [1.82, 2.24) is 0 Å². The lowest BCUT2D eigenvalue weighted by Crippen LogP contribution is -2.28. The molecule has 0 bridgehead atoms. The number of hydrogen-bond acceptors (Lipinski definition) is 4. The maximum absolute atomic E-state index is 13.4. The minimum absolute atomic E-state index is 0.0704. The number of nitrogens with zero attached hydrogens (tertiary/aromatic N) is 2. The van der Waals surface area contributed by atoms with Gasteiger partial charge in [-0.05, 0) is 83.8 Å². The molecule has 1 heterocycles. The van der Waals surface area contributed by atoms with Crippen LogP contribution in [0.25, 0.3) is 6.08 Å². The molecular formula is C27H26N2O2S. The number of methoxy groups -OCH3 is 1. The van der Waals surface area contributed by atoms with E-state index < -0.39 is 0 Å². The molecule has 0 unspecified atom stereocenters. The SMILES string of the molecule is CCc1ccc(N=C2SC(=Cc3ccc(OC)cc3)C(=O)N2c2ccc(CC)cc2)cc1. The van der Waals surface area contributed by atoms with Crippen molar-refractivity contribution < 1.29 is 9.53 Å². The molecule has 1 aliphatic heterocycles. The van der Waals surface area contributed by atoms with Crippen LogP contribution in [0.15, 0.2) is 82.7 Å². The number of carbonyl (C=O) groups is 1. The van der Waals surface area contributed by atoms with E-state index in [-0.39, 0.29) is 5.91 Å². The zero-order valence-electron chi connectivity index (χ0n) is 18.5. The summed E-state index contributed by atoms with van der Waals surface area (Å²) >= 11 is 1.40. The van der Waals surface area contributed by atoms with Crippen LogP contribution in [0.1, 0.15) is 30.5 Å². The summed E-state index contributed by atoms with van der Waals surface area (Å²) < 4.78 is 5.23. The smallest absolute Gasteiger partial charge is 0.271 e. The molecule has 1 aliphatic rings. The number of aliphatic imine (C=N–C) groups is 1. The summed E-state index contributed by atoms with van der Waals surface area (Å²) in [4.78, 5) is 20.6. The van der Waals surface area contributed by atoms with Gasteiger partial charge < -0.3 is 4.74 Å². The average molecular weight is 443 g/mol. The summed E-state index contributed by atoms with van der Waals surface area (Å²) in [5.41, 5.74) is 5.09. The van der Waals surface area contributed by atoms with E-state index in [4.69, 9.17) is 9.73 Å². The van der Waals surface area contributed by atoms with E-state index in [9.17, 15) is 4.79 Å². The second-order valence-corrected chi connectivity index (χ2v) is 8.47. The molecule has 0 aliphatic carbocycles. The van der Waals surface area contributed by atoms with Crippen LogP contribution in [0, 0.1) is 0 Å². The van der Waals surface area contributed by atoms with Gasteiger partial charge in [0.1, 0.15) is 5.75 Å². The van der Waals surface area contributed by atoms with Crippen LogP contribution in [0.4, 0.5) is 11.4 Å². The quantitative estimate of drug-likeness (QED) is 0.402. The average Bonchev–Trinajstić information content (AvgIpc) is 3.14. The highest BCUT2D eigenvalue weighted by Crippen LogP contribution is 2.37. The highest BCUT2D eigenvalue weighted by atomic mass is 32.2. The lowest BCUT2D eigenvalue weighted by molar-refractivity contribution is -0.113. The van der Waals surface area contributed by atoms with Gasteiger partial charge in [-0.2, -0.15) is 0 Å². The summed E-state index contributed by atoms with van der Waals surface area (Å²) in [5, 5.41) is 0.656. The van der Waals surface area contributed by atoms with E-state index in [1.807, 2.05) is 54.6 Å². The van der Waals surface area contributed by atoms with Crippen molar-refractivity contribution in [1.29, 1.82) is 0 Å². The minimum Gasteiger partial charge on any atom is -0.497 e. The predicted molar refractivity (Wildman–Crippen MR) is 135 cm³/mol. The number of carbonyl (C=O) groups excluding carboxylic acids is 1. The van der Waals surface area contributed by atoms with Crippen molar-refractivity contribution >= 4 is 40.3 Å². The zero-order chi connectivity index (χ0) is 22.5. The van der Waals surface area contributed by atoms with Crippen molar-refractivity contribution in [3.05, 3.63) is 94.4 Å². The van der Waals surface area contributed by atoms with Crippen LogP contribution in [-0.4, -0.2) is 18.2 Å². The van der Waals surface area contributed by atoms with Gasteiger partial charge in [-0.3, -0.25) is 9.69 Å². The number of ether oxygens (including phenoxy) is 1. The Labute approximate surface area is 193 Å². The molecule has 4 nitrogen and oxygen atoms in total. The maximum atomic E-state index is 13.4. The van der Waals surface area contributed by atoms with E-state index in [2.05, 4.69) is 38.1 Å².